The zero-order chi connectivity index (χ0) is 14.7. The second-order valence-corrected chi connectivity index (χ2v) is 4.83. The molecule has 7 heteroatoms. The van der Waals surface area contributed by atoms with E-state index in [0.717, 1.165) is 0 Å². The molecule has 2 aromatic rings. The van der Waals surface area contributed by atoms with Gasteiger partial charge in [-0.05, 0) is 25.1 Å². The molecule has 0 spiro atoms. The fourth-order valence-electron chi connectivity index (χ4n) is 1.44. The molecule has 20 heavy (non-hydrogen) atoms. The zero-order valence-corrected chi connectivity index (χ0v) is 12.3. The lowest BCUT2D eigenvalue weighted by molar-refractivity contribution is 0.461. The number of nitriles is 1. The Kier molecular flexibility index (Phi) is 4.28. The van der Waals surface area contributed by atoms with Crippen LogP contribution < -0.4 is 9.64 Å². The monoisotopic (exact) mass is 308 g/mol. The van der Waals surface area contributed by atoms with E-state index in [1.165, 1.54) is 4.90 Å². The number of hydrogen-bond acceptors (Lipinski definition) is 5. The van der Waals surface area contributed by atoms with Crippen molar-refractivity contribution in [2.45, 2.75) is 6.92 Å². The molecular formula is C13H10Cl2N4O. The summed E-state index contributed by atoms with van der Waals surface area (Å²) in [5.41, 5.74) is 0.678. The molecule has 1 heterocycles. The van der Waals surface area contributed by atoms with Crippen molar-refractivity contribution in [1.82, 2.24) is 9.97 Å². The maximum atomic E-state index is 8.85. The van der Waals surface area contributed by atoms with Gasteiger partial charge in [0.1, 0.15) is 5.75 Å². The number of aryl methyl sites for hydroxylation is 1. The third kappa shape index (κ3) is 3.29. The van der Waals surface area contributed by atoms with Crippen LogP contribution in [0.15, 0.2) is 24.3 Å². The number of anilines is 1. The Labute approximate surface area is 126 Å². The lowest BCUT2D eigenvalue weighted by Crippen LogP contribution is -2.13. The van der Waals surface area contributed by atoms with Gasteiger partial charge >= 0.3 is 0 Å². The summed E-state index contributed by atoms with van der Waals surface area (Å²) in [6.45, 7) is 1.78. The average molecular weight is 309 g/mol. The first-order valence-electron chi connectivity index (χ1n) is 5.61. The molecule has 0 radical (unpaired) electrons. The molecule has 0 amide bonds. The van der Waals surface area contributed by atoms with Crippen molar-refractivity contribution in [2.75, 3.05) is 11.9 Å². The molecule has 0 N–H and O–H groups in total. The number of rotatable bonds is 3. The molecule has 0 atom stereocenters. The minimum atomic E-state index is 0.257. The highest BCUT2D eigenvalue weighted by atomic mass is 35.5. The van der Waals surface area contributed by atoms with E-state index in [-0.39, 0.29) is 5.95 Å². The molecule has 5 nitrogen and oxygen atoms in total. The van der Waals surface area contributed by atoms with Crippen LogP contribution in [-0.4, -0.2) is 17.0 Å². The Balaban J connectivity index is 2.34. The first kappa shape index (κ1) is 14.4. The molecule has 0 aliphatic carbocycles. The highest BCUT2D eigenvalue weighted by Crippen LogP contribution is 2.31. The number of halogens is 2. The Bertz CT molecular complexity index is 685. The summed E-state index contributed by atoms with van der Waals surface area (Å²) >= 11 is 11.9. The van der Waals surface area contributed by atoms with Gasteiger partial charge < -0.3 is 4.74 Å². The largest absolute Gasteiger partial charge is 0.437 e. The van der Waals surface area contributed by atoms with Crippen molar-refractivity contribution in [1.29, 1.82) is 5.26 Å². The molecule has 1 aromatic heterocycles. The van der Waals surface area contributed by atoms with E-state index >= 15 is 0 Å². The molecule has 0 saturated heterocycles. The van der Waals surface area contributed by atoms with E-state index in [1.807, 2.05) is 6.19 Å². The summed E-state index contributed by atoms with van der Waals surface area (Å²) < 4.78 is 5.60. The van der Waals surface area contributed by atoms with Crippen LogP contribution in [0.4, 0.5) is 5.95 Å². The predicted octanol–water partition coefficient (Wildman–Crippen LogP) is 3.80. The topological polar surface area (TPSA) is 62.0 Å². The standard InChI is InChI=1S/C13H10Cl2N4O/c1-8-5-12(18-13(17-8)19(2)7-16)20-11-4-3-9(14)6-10(11)15/h3-6H,1-2H3. The van der Waals surface area contributed by atoms with Crippen molar-refractivity contribution < 1.29 is 4.74 Å². The lowest BCUT2D eigenvalue weighted by atomic mass is 10.3. The fraction of sp³-hybridized carbons (Fsp3) is 0.154. The van der Waals surface area contributed by atoms with Crippen LogP contribution in [0.5, 0.6) is 11.6 Å². The third-order valence-electron chi connectivity index (χ3n) is 2.38. The van der Waals surface area contributed by atoms with Crippen LogP contribution in [-0.2, 0) is 0 Å². The van der Waals surface area contributed by atoms with E-state index in [2.05, 4.69) is 9.97 Å². The first-order chi connectivity index (χ1) is 9.49. The van der Waals surface area contributed by atoms with Crippen LogP contribution in [0.2, 0.25) is 10.0 Å². The smallest absolute Gasteiger partial charge is 0.242 e. The molecule has 0 aliphatic heterocycles. The summed E-state index contributed by atoms with van der Waals surface area (Å²) in [5, 5.41) is 9.75. The second kappa shape index (κ2) is 5.95. The minimum Gasteiger partial charge on any atom is -0.437 e. The second-order valence-electron chi connectivity index (χ2n) is 3.98. The molecule has 0 aliphatic rings. The predicted molar refractivity (Wildman–Crippen MR) is 77.3 cm³/mol. The summed E-state index contributed by atoms with van der Waals surface area (Å²) in [6, 6.07) is 6.55. The normalized spacial score (nSPS) is 9.95. The van der Waals surface area contributed by atoms with Crippen molar-refractivity contribution in [3.05, 3.63) is 40.0 Å². The lowest BCUT2D eigenvalue weighted by Gasteiger charge is -2.11. The van der Waals surface area contributed by atoms with E-state index in [0.29, 0.717) is 27.4 Å². The minimum absolute atomic E-state index is 0.257. The number of nitrogens with zero attached hydrogens (tertiary/aromatic N) is 4. The number of aromatic nitrogens is 2. The van der Waals surface area contributed by atoms with E-state index in [9.17, 15) is 0 Å². The van der Waals surface area contributed by atoms with Crippen LogP contribution in [0.3, 0.4) is 0 Å². The van der Waals surface area contributed by atoms with Crippen LogP contribution >= 0.6 is 23.2 Å². The van der Waals surface area contributed by atoms with Crippen molar-refractivity contribution in [2.24, 2.45) is 0 Å². The van der Waals surface area contributed by atoms with Gasteiger partial charge in [0.15, 0.2) is 6.19 Å². The molecule has 0 saturated carbocycles. The van der Waals surface area contributed by atoms with Gasteiger partial charge in [-0.25, -0.2) is 4.98 Å². The average Bonchev–Trinajstić information content (AvgIpc) is 2.40. The Hall–Kier alpha value is -2.03. The number of ether oxygens (including phenoxy) is 1. The SMILES string of the molecule is Cc1cc(Oc2ccc(Cl)cc2Cl)nc(N(C)C#N)n1. The first-order valence-corrected chi connectivity index (χ1v) is 6.37. The van der Waals surface area contributed by atoms with E-state index in [1.54, 1.807) is 38.2 Å². The van der Waals surface area contributed by atoms with Gasteiger partial charge in [-0.3, -0.25) is 4.90 Å². The van der Waals surface area contributed by atoms with Crippen molar-refractivity contribution >= 4 is 29.2 Å². The van der Waals surface area contributed by atoms with Gasteiger partial charge in [0.2, 0.25) is 11.8 Å². The van der Waals surface area contributed by atoms with Gasteiger partial charge in [0.25, 0.3) is 0 Å². The molecule has 0 fully saturated rings. The van der Waals surface area contributed by atoms with Gasteiger partial charge in [0.05, 0.1) is 5.02 Å². The van der Waals surface area contributed by atoms with Gasteiger partial charge in [-0.15, -0.1) is 0 Å². The van der Waals surface area contributed by atoms with Gasteiger partial charge in [0, 0.05) is 23.8 Å². The molecule has 2 rings (SSSR count). The van der Waals surface area contributed by atoms with Crippen molar-refractivity contribution in [3.8, 4) is 17.8 Å². The Morgan fingerprint density at radius 2 is 2.00 bits per heavy atom. The van der Waals surface area contributed by atoms with Gasteiger partial charge in [-0.1, -0.05) is 23.2 Å². The highest BCUT2D eigenvalue weighted by Gasteiger charge is 2.10. The van der Waals surface area contributed by atoms with Crippen LogP contribution in [0, 0.1) is 18.4 Å². The summed E-state index contributed by atoms with van der Waals surface area (Å²) in [5.74, 6) is 0.992. The highest BCUT2D eigenvalue weighted by molar-refractivity contribution is 6.35. The third-order valence-corrected chi connectivity index (χ3v) is 2.91. The zero-order valence-electron chi connectivity index (χ0n) is 10.8. The van der Waals surface area contributed by atoms with Gasteiger partial charge in [-0.2, -0.15) is 10.2 Å². The molecular weight excluding hydrogens is 299 g/mol. The van der Waals surface area contributed by atoms with Crippen LogP contribution in [0.25, 0.3) is 0 Å². The summed E-state index contributed by atoms with van der Waals surface area (Å²) in [7, 11) is 1.56. The molecule has 0 unspecified atom stereocenters. The summed E-state index contributed by atoms with van der Waals surface area (Å²) in [6.07, 6.45) is 1.93. The summed E-state index contributed by atoms with van der Waals surface area (Å²) in [4.78, 5) is 9.52. The van der Waals surface area contributed by atoms with E-state index < -0.39 is 0 Å². The number of hydrogen-bond donors (Lipinski definition) is 0. The molecule has 1 aromatic carbocycles. The quantitative estimate of drug-likeness (QED) is 0.637. The number of benzene rings is 1. The maximum Gasteiger partial charge on any atom is 0.242 e. The molecule has 0 bridgehead atoms. The van der Waals surface area contributed by atoms with Crippen molar-refractivity contribution in [3.63, 3.8) is 0 Å². The Morgan fingerprint density at radius 3 is 2.65 bits per heavy atom. The Morgan fingerprint density at radius 1 is 1.25 bits per heavy atom. The van der Waals surface area contributed by atoms with E-state index in [4.69, 9.17) is 33.2 Å². The fourth-order valence-corrected chi connectivity index (χ4v) is 1.89. The van der Waals surface area contributed by atoms with Crippen LogP contribution in [0.1, 0.15) is 5.69 Å². The maximum absolute atomic E-state index is 8.85. The molecule has 102 valence electrons.